The van der Waals surface area contributed by atoms with Gasteiger partial charge in [-0.3, -0.25) is 4.57 Å². The van der Waals surface area contributed by atoms with Crippen molar-refractivity contribution in [2.75, 3.05) is 24.7 Å². The minimum Gasteiger partial charge on any atom is -0.388 e. The van der Waals surface area contributed by atoms with Crippen LogP contribution in [0.4, 0.5) is 5.82 Å². The summed E-state index contributed by atoms with van der Waals surface area (Å²) in [6.07, 6.45) is 5.03. The lowest BCUT2D eigenvalue weighted by atomic mass is 10.2. The SMILES string of the molecule is CC(C)C[P+](C)(CC(C)C)C1CC(O)C(n2cnc3c(N)ncnc32)O1. The zero-order valence-electron chi connectivity index (χ0n) is 16.3. The van der Waals surface area contributed by atoms with Crippen LogP contribution in [0.1, 0.15) is 40.3 Å². The Kier molecular flexibility index (Phi) is 5.52. The van der Waals surface area contributed by atoms with Gasteiger partial charge in [0, 0.05) is 13.7 Å². The van der Waals surface area contributed by atoms with Crippen LogP contribution >= 0.6 is 7.26 Å². The molecule has 0 bridgehead atoms. The normalized spacial score (nSPS) is 24.2. The first-order valence-corrected chi connectivity index (χ1v) is 12.0. The lowest BCUT2D eigenvalue weighted by molar-refractivity contribution is -0.0157. The van der Waals surface area contributed by atoms with E-state index in [1.165, 1.54) is 18.7 Å². The molecular weight excluding hydrogens is 349 g/mol. The van der Waals surface area contributed by atoms with Crippen LogP contribution in [0.5, 0.6) is 0 Å². The molecule has 26 heavy (non-hydrogen) atoms. The van der Waals surface area contributed by atoms with E-state index >= 15 is 0 Å². The Morgan fingerprint density at radius 2 is 1.88 bits per heavy atom. The number of anilines is 1. The molecule has 3 heterocycles. The Morgan fingerprint density at radius 3 is 2.50 bits per heavy atom. The third kappa shape index (κ3) is 3.71. The molecule has 3 atom stereocenters. The van der Waals surface area contributed by atoms with E-state index < -0.39 is 19.6 Å². The number of rotatable bonds is 6. The Hall–Kier alpha value is -1.30. The number of nitrogens with zero attached hydrogens (tertiary/aromatic N) is 4. The zero-order valence-corrected chi connectivity index (χ0v) is 17.2. The lowest BCUT2D eigenvalue weighted by Gasteiger charge is -2.31. The number of aromatic nitrogens is 4. The fourth-order valence-corrected chi connectivity index (χ4v) is 9.42. The summed E-state index contributed by atoms with van der Waals surface area (Å²) in [5.74, 6) is 1.68. The van der Waals surface area contributed by atoms with E-state index in [2.05, 4.69) is 49.3 Å². The molecule has 0 aromatic carbocycles. The van der Waals surface area contributed by atoms with Gasteiger partial charge in [-0.2, -0.15) is 0 Å². The van der Waals surface area contributed by atoms with Crippen LogP contribution in [-0.4, -0.2) is 55.6 Å². The summed E-state index contributed by atoms with van der Waals surface area (Å²) in [4.78, 5) is 12.6. The van der Waals surface area contributed by atoms with Crippen molar-refractivity contribution >= 4 is 24.2 Å². The molecule has 0 spiro atoms. The van der Waals surface area contributed by atoms with Crippen LogP contribution in [-0.2, 0) is 4.74 Å². The van der Waals surface area contributed by atoms with Crippen LogP contribution in [0.2, 0.25) is 0 Å². The van der Waals surface area contributed by atoms with E-state index in [0.29, 0.717) is 35.2 Å². The molecular formula is C18H31N5O2P+. The van der Waals surface area contributed by atoms with Crippen LogP contribution in [0.3, 0.4) is 0 Å². The second-order valence-corrected chi connectivity index (χ2v) is 12.8. The molecule has 1 aliphatic heterocycles. The van der Waals surface area contributed by atoms with Crippen molar-refractivity contribution in [3.05, 3.63) is 12.7 Å². The first-order chi connectivity index (χ1) is 12.2. The minimum atomic E-state index is -1.35. The summed E-state index contributed by atoms with van der Waals surface area (Å²) >= 11 is 0. The molecule has 3 N–H and O–H groups in total. The Labute approximate surface area is 155 Å². The van der Waals surface area contributed by atoms with Crippen molar-refractivity contribution in [1.29, 1.82) is 0 Å². The highest BCUT2D eigenvalue weighted by molar-refractivity contribution is 7.75. The van der Waals surface area contributed by atoms with Gasteiger partial charge in [0.15, 0.2) is 23.5 Å². The first-order valence-electron chi connectivity index (χ1n) is 9.32. The highest BCUT2D eigenvalue weighted by Gasteiger charge is 2.51. The fraction of sp³-hybridized carbons (Fsp3) is 0.722. The number of aliphatic hydroxyl groups excluding tert-OH is 1. The number of nitrogen functional groups attached to an aromatic ring is 1. The third-order valence-corrected chi connectivity index (χ3v) is 9.84. The van der Waals surface area contributed by atoms with E-state index in [-0.39, 0.29) is 5.85 Å². The maximum atomic E-state index is 10.8. The molecule has 0 saturated carbocycles. The summed E-state index contributed by atoms with van der Waals surface area (Å²) in [5.41, 5.74) is 7.04. The molecule has 2 aromatic rings. The van der Waals surface area contributed by atoms with E-state index in [1.54, 1.807) is 10.9 Å². The predicted molar refractivity (Wildman–Crippen MR) is 107 cm³/mol. The van der Waals surface area contributed by atoms with Crippen LogP contribution in [0.15, 0.2) is 12.7 Å². The smallest absolute Gasteiger partial charge is 0.172 e. The molecule has 2 aromatic heterocycles. The van der Waals surface area contributed by atoms with Gasteiger partial charge in [-0.25, -0.2) is 15.0 Å². The second-order valence-electron chi connectivity index (χ2n) is 8.50. The van der Waals surface area contributed by atoms with Crippen molar-refractivity contribution in [3.8, 4) is 0 Å². The maximum Gasteiger partial charge on any atom is 0.172 e. The van der Waals surface area contributed by atoms with Gasteiger partial charge in [0.05, 0.1) is 25.3 Å². The number of hydrogen-bond acceptors (Lipinski definition) is 6. The standard InChI is InChI=1S/C18H31N5O2P/c1-11(2)7-26(5,8-12(3)4)14-6-13(24)18(25-14)23-10-22-15-16(19)20-9-21-17(15)23/h9-14,18,24H,6-8H2,1-5H3,(H2,19,20,21)/q+1. The Bertz CT molecular complexity index is 753. The van der Waals surface area contributed by atoms with Gasteiger partial charge in [0.1, 0.15) is 17.9 Å². The van der Waals surface area contributed by atoms with Gasteiger partial charge in [0.25, 0.3) is 0 Å². The number of aliphatic hydroxyl groups is 1. The van der Waals surface area contributed by atoms with Crippen molar-refractivity contribution in [3.63, 3.8) is 0 Å². The highest BCUT2D eigenvalue weighted by atomic mass is 31.2. The average molecular weight is 380 g/mol. The highest BCUT2D eigenvalue weighted by Crippen LogP contribution is 2.66. The second kappa shape index (κ2) is 7.37. The maximum absolute atomic E-state index is 10.8. The molecule has 3 unspecified atom stereocenters. The van der Waals surface area contributed by atoms with E-state index in [4.69, 9.17) is 10.5 Å². The van der Waals surface area contributed by atoms with Gasteiger partial charge in [-0.05, 0) is 11.8 Å². The van der Waals surface area contributed by atoms with Crippen LogP contribution in [0.25, 0.3) is 11.2 Å². The van der Waals surface area contributed by atoms with Gasteiger partial charge in [0.2, 0.25) is 0 Å². The molecule has 8 heteroatoms. The van der Waals surface area contributed by atoms with Gasteiger partial charge < -0.3 is 15.6 Å². The molecule has 1 aliphatic rings. The van der Waals surface area contributed by atoms with Gasteiger partial charge in [-0.1, -0.05) is 27.7 Å². The molecule has 0 aliphatic carbocycles. The van der Waals surface area contributed by atoms with Crippen molar-refractivity contribution < 1.29 is 9.84 Å². The lowest BCUT2D eigenvalue weighted by Crippen LogP contribution is -2.23. The fourth-order valence-electron chi connectivity index (χ4n) is 4.32. The minimum absolute atomic E-state index is 0.101. The summed E-state index contributed by atoms with van der Waals surface area (Å²) in [6, 6.07) is 0. The van der Waals surface area contributed by atoms with Crippen molar-refractivity contribution in [1.82, 2.24) is 19.5 Å². The largest absolute Gasteiger partial charge is 0.388 e. The molecule has 0 amide bonds. The average Bonchev–Trinajstić information content (AvgIpc) is 3.10. The van der Waals surface area contributed by atoms with Gasteiger partial charge in [-0.15, -0.1) is 0 Å². The first kappa shape index (κ1) is 19.5. The topological polar surface area (TPSA) is 99.1 Å². The van der Waals surface area contributed by atoms with E-state index in [9.17, 15) is 5.11 Å². The number of ether oxygens (including phenoxy) is 1. The molecule has 1 saturated heterocycles. The molecule has 1 fully saturated rings. The van der Waals surface area contributed by atoms with E-state index in [1.807, 2.05) is 0 Å². The summed E-state index contributed by atoms with van der Waals surface area (Å²) in [7, 11) is -1.35. The molecule has 3 rings (SSSR count). The molecule has 144 valence electrons. The number of nitrogens with two attached hydrogens (primary N) is 1. The van der Waals surface area contributed by atoms with Crippen molar-refractivity contribution in [2.45, 2.75) is 52.3 Å². The van der Waals surface area contributed by atoms with Crippen LogP contribution in [0, 0.1) is 11.8 Å². The monoisotopic (exact) mass is 380 g/mol. The molecule has 7 nitrogen and oxygen atoms in total. The third-order valence-electron chi connectivity index (χ3n) is 4.99. The predicted octanol–water partition coefficient (Wildman–Crippen LogP) is 2.97. The summed E-state index contributed by atoms with van der Waals surface area (Å²) in [5, 5.41) is 10.8. The van der Waals surface area contributed by atoms with E-state index in [0.717, 1.165) is 0 Å². The summed E-state index contributed by atoms with van der Waals surface area (Å²) in [6.45, 7) is 11.5. The van der Waals surface area contributed by atoms with Gasteiger partial charge >= 0.3 is 0 Å². The Balaban J connectivity index is 1.89. The number of hydrogen-bond donors (Lipinski definition) is 2. The number of imidazole rings is 1. The van der Waals surface area contributed by atoms with Crippen LogP contribution < -0.4 is 5.73 Å². The molecule has 0 radical (unpaired) electrons. The number of fused-ring (bicyclic) bond motifs is 1. The zero-order chi connectivity index (χ0) is 19.1. The Morgan fingerprint density at radius 1 is 1.23 bits per heavy atom. The quantitative estimate of drug-likeness (QED) is 0.748. The van der Waals surface area contributed by atoms with Crippen molar-refractivity contribution in [2.24, 2.45) is 11.8 Å². The summed E-state index contributed by atoms with van der Waals surface area (Å²) < 4.78 is 8.25.